The van der Waals surface area contributed by atoms with Gasteiger partial charge in [-0.05, 0) is 20.0 Å². The molecule has 1 aromatic rings. The van der Waals surface area contributed by atoms with Crippen molar-refractivity contribution < 1.29 is 9.94 Å². The Hall–Kier alpha value is -1.75. The molecule has 0 aliphatic carbocycles. The van der Waals surface area contributed by atoms with Crippen LogP contribution in [0.5, 0.6) is 5.75 Å². The van der Waals surface area contributed by atoms with Crippen LogP contribution in [0.15, 0.2) is 23.4 Å². The van der Waals surface area contributed by atoms with E-state index in [1.165, 1.54) is 5.56 Å². The van der Waals surface area contributed by atoms with Gasteiger partial charge in [0.1, 0.15) is 5.75 Å². The zero-order valence-corrected chi connectivity index (χ0v) is 10.5. The molecule has 0 atom stereocenters. The highest BCUT2D eigenvalue weighted by Crippen LogP contribution is 2.20. The lowest BCUT2D eigenvalue weighted by Crippen LogP contribution is -2.30. The van der Waals surface area contributed by atoms with Crippen LogP contribution in [-0.2, 0) is 6.54 Å². The van der Waals surface area contributed by atoms with E-state index in [9.17, 15) is 0 Å². The van der Waals surface area contributed by atoms with Crippen molar-refractivity contribution in [3.8, 4) is 5.75 Å². The summed E-state index contributed by atoms with van der Waals surface area (Å²) in [7, 11) is 3.55. The van der Waals surface area contributed by atoms with Crippen LogP contribution in [0.1, 0.15) is 11.1 Å². The van der Waals surface area contributed by atoms with Crippen molar-refractivity contribution in [2.75, 3.05) is 20.7 Å². The second-order valence-electron chi connectivity index (χ2n) is 4.08. The lowest BCUT2D eigenvalue weighted by atomic mass is 10.1. The quantitative estimate of drug-likeness (QED) is 0.349. The number of amidine groups is 1. The fourth-order valence-electron chi connectivity index (χ4n) is 1.69. The average Bonchev–Trinajstić information content (AvgIpc) is 2.29. The lowest BCUT2D eigenvalue weighted by molar-refractivity contribution is 0.307. The molecule has 0 fully saturated rings. The molecule has 1 aromatic carbocycles. The van der Waals surface area contributed by atoms with Crippen molar-refractivity contribution in [2.45, 2.75) is 13.5 Å². The van der Waals surface area contributed by atoms with Gasteiger partial charge >= 0.3 is 0 Å². The zero-order valence-electron chi connectivity index (χ0n) is 10.5. The van der Waals surface area contributed by atoms with E-state index in [1.807, 2.05) is 31.0 Å². The Bertz CT molecular complexity index is 405. The van der Waals surface area contributed by atoms with Gasteiger partial charge in [-0.1, -0.05) is 22.9 Å². The van der Waals surface area contributed by atoms with Gasteiger partial charge in [-0.2, -0.15) is 0 Å². The van der Waals surface area contributed by atoms with E-state index in [1.54, 1.807) is 7.11 Å². The molecule has 0 aromatic heterocycles. The molecule has 5 heteroatoms. The van der Waals surface area contributed by atoms with E-state index in [0.29, 0.717) is 13.1 Å². The number of hydrogen-bond donors (Lipinski definition) is 2. The number of methoxy groups -OCH3 is 1. The van der Waals surface area contributed by atoms with Crippen molar-refractivity contribution in [3.63, 3.8) is 0 Å². The molecular formula is C12H19N3O2. The third-order valence-electron chi connectivity index (χ3n) is 2.44. The number of nitrogens with two attached hydrogens (primary N) is 1. The zero-order chi connectivity index (χ0) is 12.8. The van der Waals surface area contributed by atoms with Gasteiger partial charge in [0.15, 0.2) is 5.84 Å². The molecule has 0 radical (unpaired) electrons. The van der Waals surface area contributed by atoms with Crippen molar-refractivity contribution in [1.82, 2.24) is 4.90 Å². The van der Waals surface area contributed by atoms with Crippen LogP contribution in [-0.4, -0.2) is 36.6 Å². The van der Waals surface area contributed by atoms with E-state index < -0.39 is 0 Å². The number of likely N-dealkylation sites (N-methyl/N-ethyl adjacent to an activating group) is 1. The number of nitrogens with zero attached hydrogens (tertiary/aromatic N) is 2. The summed E-state index contributed by atoms with van der Waals surface area (Å²) in [5.41, 5.74) is 7.72. The van der Waals surface area contributed by atoms with Gasteiger partial charge in [-0.25, -0.2) is 0 Å². The van der Waals surface area contributed by atoms with Crippen molar-refractivity contribution in [2.24, 2.45) is 10.9 Å². The Labute approximate surface area is 101 Å². The summed E-state index contributed by atoms with van der Waals surface area (Å²) in [5.74, 6) is 1.04. The minimum atomic E-state index is 0.194. The Morgan fingerprint density at radius 3 is 2.82 bits per heavy atom. The van der Waals surface area contributed by atoms with E-state index in [2.05, 4.69) is 11.2 Å². The van der Waals surface area contributed by atoms with Gasteiger partial charge < -0.3 is 15.7 Å². The van der Waals surface area contributed by atoms with Crippen molar-refractivity contribution >= 4 is 5.84 Å². The van der Waals surface area contributed by atoms with Gasteiger partial charge in [0.25, 0.3) is 0 Å². The number of ether oxygens (including phenoxy) is 1. The molecular weight excluding hydrogens is 218 g/mol. The summed E-state index contributed by atoms with van der Waals surface area (Å²) in [5, 5.41) is 11.5. The Morgan fingerprint density at radius 2 is 2.24 bits per heavy atom. The highest BCUT2D eigenvalue weighted by molar-refractivity contribution is 5.81. The first-order chi connectivity index (χ1) is 8.06. The second-order valence-corrected chi connectivity index (χ2v) is 4.08. The first kappa shape index (κ1) is 13.3. The molecule has 0 bridgehead atoms. The maximum absolute atomic E-state index is 8.51. The molecule has 0 spiro atoms. The summed E-state index contributed by atoms with van der Waals surface area (Å²) in [6.07, 6.45) is 0. The van der Waals surface area contributed by atoms with E-state index in [4.69, 9.17) is 15.7 Å². The van der Waals surface area contributed by atoms with Crippen LogP contribution in [0.4, 0.5) is 0 Å². The van der Waals surface area contributed by atoms with Crippen LogP contribution in [0.25, 0.3) is 0 Å². The Kier molecular flexibility index (Phi) is 4.78. The summed E-state index contributed by atoms with van der Waals surface area (Å²) in [6, 6.07) is 6.02. The molecule has 5 nitrogen and oxygen atoms in total. The normalized spacial score (nSPS) is 11.9. The van der Waals surface area contributed by atoms with E-state index >= 15 is 0 Å². The number of hydrogen-bond acceptors (Lipinski definition) is 4. The predicted octanol–water partition coefficient (Wildman–Crippen LogP) is 1.18. The standard InChI is InChI=1S/C12H19N3O2/c1-9-4-5-11(17-3)10(6-9)7-15(2)8-12(13)14-16/h4-6,16H,7-8H2,1-3H3,(H2,13,14). The van der Waals surface area contributed by atoms with Crippen LogP contribution in [0.3, 0.4) is 0 Å². The SMILES string of the molecule is COc1ccc(C)cc1CN(C)C/C(N)=N/O. The third kappa shape index (κ3) is 3.96. The van der Waals surface area contributed by atoms with Crippen molar-refractivity contribution in [1.29, 1.82) is 0 Å². The molecule has 3 N–H and O–H groups in total. The second kappa shape index (κ2) is 6.10. The maximum Gasteiger partial charge on any atom is 0.153 e. The monoisotopic (exact) mass is 237 g/mol. The van der Waals surface area contributed by atoms with Crippen LogP contribution < -0.4 is 10.5 Å². The topological polar surface area (TPSA) is 71.1 Å². The predicted molar refractivity (Wildman–Crippen MR) is 67.5 cm³/mol. The summed E-state index contributed by atoms with van der Waals surface area (Å²) >= 11 is 0. The van der Waals surface area contributed by atoms with Gasteiger partial charge in [0.05, 0.1) is 13.7 Å². The molecule has 0 aliphatic heterocycles. The molecule has 0 heterocycles. The molecule has 0 aliphatic rings. The number of aryl methyl sites for hydroxylation is 1. The van der Waals surface area contributed by atoms with Gasteiger partial charge in [0, 0.05) is 12.1 Å². The third-order valence-corrected chi connectivity index (χ3v) is 2.44. The average molecular weight is 237 g/mol. The Morgan fingerprint density at radius 1 is 1.53 bits per heavy atom. The molecule has 0 amide bonds. The smallest absolute Gasteiger partial charge is 0.153 e. The summed E-state index contributed by atoms with van der Waals surface area (Å²) in [4.78, 5) is 1.95. The lowest BCUT2D eigenvalue weighted by Gasteiger charge is -2.18. The molecule has 1 rings (SSSR count). The number of oxime groups is 1. The van der Waals surface area contributed by atoms with Crippen LogP contribution >= 0.6 is 0 Å². The molecule has 0 saturated heterocycles. The van der Waals surface area contributed by atoms with E-state index in [-0.39, 0.29) is 5.84 Å². The van der Waals surface area contributed by atoms with Gasteiger partial charge in [-0.15, -0.1) is 0 Å². The number of benzene rings is 1. The van der Waals surface area contributed by atoms with Crippen LogP contribution in [0.2, 0.25) is 0 Å². The number of rotatable bonds is 5. The highest BCUT2D eigenvalue weighted by Gasteiger charge is 2.08. The van der Waals surface area contributed by atoms with Crippen molar-refractivity contribution in [3.05, 3.63) is 29.3 Å². The Balaban J connectivity index is 2.76. The first-order valence-electron chi connectivity index (χ1n) is 5.35. The fraction of sp³-hybridized carbons (Fsp3) is 0.417. The summed E-state index contributed by atoms with van der Waals surface area (Å²) < 4.78 is 5.29. The minimum Gasteiger partial charge on any atom is -0.496 e. The molecule has 94 valence electrons. The molecule has 17 heavy (non-hydrogen) atoms. The first-order valence-corrected chi connectivity index (χ1v) is 5.35. The summed E-state index contributed by atoms with van der Waals surface area (Å²) in [6.45, 7) is 3.13. The fourth-order valence-corrected chi connectivity index (χ4v) is 1.69. The van der Waals surface area contributed by atoms with Gasteiger partial charge in [0.2, 0.25) is 0 Å². The van der Waals surface area contributed by atoms with E-state index in [0.717, 1.165) is 11.3 Å². The van der Waals surface area contributed by atoms with Crippen LogP contribution in [0, 0.1) is 6.92 Å². The largest absolute Gasteiger partial charge is 0.496 e. The highest BCUT2D eigenvalue weighted by atomic mass is 16.5. The minimum absolute atomic E-state index is 0.194. The van der Waals surface area contributed by atoms with Gasteiger partial charge in [-0.3, -0.25) is 4.90 Å². The molecule has 0 saturated carbocycles. The molecule has 0 unspecified atom stereocenters. The maximum atomic E-state index is 8.51.